The van der Waals surface area contributed by atoms with Crippen LogP contribution in [-0.2, 0) is 6.54 Å². The number of nitrogens with one attached hydrogen (secondary N) is 1. The van der Waals surface area contributed by atoms with Crippen molar-refractivity contribution >= 4 is 17.2 Å². The van der Waals surface area contributed by atoms with E-state index < -0.39 is 0 Å². The second kappa shape index (κ2) is 4.60. The van der Waals surface area contributed by atoms with Gasteiger partial charge in [-0.3, -0.25) is 4.90 Å². The van der Waals surface area contributed by atoms with Crippen molar-refractivity contribution in [2.45, 2.75) is 6.54 Å². The summed E-state index contributed by atoms with van der Waals surface area (Å²) in [6, 6.07) is 3.71. The lowest BCUT2D eigenvalue weighted by molar-refractivity contribution is 0.228. The quantitative estimate of drug-likeness (QED) is 0.857. The zero-order valence-electron chi connectivity index (χ0n) is 9.43. The van der Waals surface area contributed by atoms with Crippen LogP contribution in [-0.4, -0.2) is 45.7 Å². The van der Waals surface area contributed by atoms with E-state index >= 15 is 0 Å². The first-order valence-corrected chi connectivity index (χ1v) is 6.13. The van der Waals surface area contributed by atoms with Crippen molar-refractivity contribution in [3.05, 3.63) is 29.2 Å². The van der Waals surface area contributed by atoms with Crippen LogP contribution in [0.25, 0.3) is 5.65 Å². The fraction of sp³-hybridized carbons (Fsp3) is 0.455. The van der Waals surface area contributed by atoms with Crippen molar-refractivity contribution in [2.75, 3.05) is 26.2 Å². The fourth-order valence-corrected chi connectivity index (χ4v) is 2.26. The van der Waals surface area contributed by atoms with Crippen LogP contribution < -0.4 is 5.32 Å². The Bertz CT molecular complexity index is 518. The Morgan fingerprint density at radius 2 is 2.18 bits per heavy atom. The molecule has 3 rings (SSSR count). The van der Waals surface area contributed by atoms with Gasteiger partial charge in [0.25, 0.3) is 0 Å². The number of hydrogen-bond acceptors (Lipinski definition) is 4. The molecule has 1 fully saturated rings. The second-order valence-electron chi connectivity index (χ2n) is 4.18. The van der Waals surface area contributed by atoms with Crippen LogP contribution in [0.2, 0.25) is 5.02 Å². The molecule has 0 unspecified atom stereocenters. The number of nitrogens with zero attached hydrogens (tertiary/aromatic N) is 4. The molecule has 0 bridgehead atoms. The zero-order valence-corrected chi connectivity index (χ0v) is 10.2. The largest absolute Gasteiger partial charge is 0.314 e. The highest BCUT2D eigenvalue weighted by molar-refractivity contribution is 6.33. The summed E-state index contributed by atoms with van der Waals surface area (Å²) >= 11 is 6.07. The first kappa shape index (κ1) is 11.0. The molecule has 0 radical (unpaired) electrons. The molecule has 0 aromatic carbocycles. The summed E-state index contributed by atoms with van der Waals surface area (Å²) in [7, 11) is 0. The Morgan fingerprint density at radius 1 is 1.35 bits per heavy atom. The molecule has 90 valence electrons. The molecule has 2 aromatic heterocycles. The molecular weight excluding hydrogens is 238 g/mol. The molecule has 5 nitrogen and oxygen atoms in total. The lowest BCUT2D eigenvalue weighted by Crippen LogP contribution is -2.43. The van der Waals surface area contributed by atoms with Crippen LogP contribution in [0.1, 0.15) is 5.82 Å². The summed E-state index contributed by atoms with van der Waals surface area (Å²) in [5.74, 6) is 0.833. The minimum Gasteiger partial charge on any atom is -0.314 e. The van der Waals surface area contributed by atoms with Gasteiger partial charge in [-0.05, 0) is 12.1 Å². The molecule has 0 amide bonds. The number of halogens is 1. The predicted octanol–water partition coefficient (Wildman–Crippen LogP) is 0.788. The minimum atomic E-state index is 0.645. The van der Waals surface area contributed by atoms with Crippen molar-refractivity contribution in [1.29, 1.82) is 0 Å². The average Bonchev–Trinajstić information content (AvgIpc) is 2.74. The molecule has 17 heavy (non-hydrogen) atoms. The monoisotopic (exact) mass is 251 g/mol. The van der Waals surface area contributed by atoms with Crippen molar-refractivity contribution in [2.24, 2.45) is 0 Å². The summed E-state index contributed by atoms with van der Waals surface area (Å²) < 4.78 is 1.74. The molecular formula is C11H14ClN5. The van der Waals surface area contributed by atoms with Gasteiger partial charge in [-0.15, -0.1) is 5.10 Å². The van der Waals surface area contributed by atoms with Crippen LogP contribution in [0.3, 0.4) is 0 Å². The summed E-state index contributed by atoms with van der Waals surface area (Å²) in [6.45, 7) is 4.95. The number of fused-ring (bicyclic) bond motifs is 1. The average molecular weight is 252 g/mol. The Kier molecular flexibility index (Phi) is 2.96. The maximum atomic E-state index is 6.07. The van der Waals surface area contributed by atoms with E-state index in [0.29, 0.717) is 5.02 Å². The maximum Gasteiger partial charge on any atom is 0.174 e. The van der Waals surface area contributed by atoms with Crippen molar-refractivity contribution in [1.82, 2.24) is 24.8 Å². The van der Waals surface area contributed by atoms with Gasteiger partial charge in [-0.25, -0.2) is 9.50 Å². The van der Waals surface area contributed by atoms with E-state index in [1.165, 1.54) is 0 Å². The molecule has 1 saturated heterocycles. The SMILES string of the molecule is Clc1cccn2nc(CN3CCNCC3)nc12. The fourth-order valence-electron chi connectivity index (χ4n) is 2.05. The van der Waals surface area contributed by atoms with Gasteiger partial charge in [-0.2, -0.15) is 0 Å². The van der Waals surface area contributed by atoms with Gasteiger partial charge in [0.15, 0.2) is 11.5 Å². The maximum absolute atomic E-state index is 6.07. The highest BCUT2D eigenvalue weighted by Crippen LogP contribution is 2.14. The summed E-state index contributed by atoms with van der Waals surface area (Å²) in [5.41, 5.74) is 0.735. The Balaban J connectivity index is 1.83. The number of rotatable bonds is 2. The molecule has 3 heterocycles. The molecule has 0 aliphatic carbocycles. The standard InChI is InChI=1S/C11H14ClN5/c12-9-2-1-5-17-11(9)14-10(15-17)8-16-6-3-13-4-7-16/h1-2,5,13H,3-4,6-8H2. The minimum absolute atomic E-state index is 0.645. The topological polar surface area (TPSA) is 45.5 Å². The molecule has 6 heteroatoms. The number of pyridine rings is 1. The molecule has 1 N–H and O–H groups in total. The smallest absolute Gasteiger partial charge is 0.174 e. The van der Waals surface area contributed by atoms with Crippen molar-refractivity contribution in [3.8, 4) is 0 Å². The van der Waals surface area contributed by atoms with Crippen molar-refractivity contribution in [3.63, 3.8) is 0 Å². The first-order chi connectivity index (χ1) is 8.33. The highest BCUT2D eigenvalue weighted by atomic mass is 35.5. The van der Waals surface area contributed by atoms with Gasteiger partial charge >= 0.3 is 0 Å². The van der Waals surface area contributed by atoms with Crippen LogP contribution in [0.15, 0.2) is 18.3 Å². The van der Waals surface area contributed by atoms with E-state index in [4.69, 9.17) is 11.6 Å². The summed E-state index contributed by atoms with van der Waals surface area (Å²) in [6.07, 6.45) is 1.87. The van der Waals surface area contributed by atoms with Gasteiger partial charge in [0, 0.05) is 32.4 Å². The van der Waals surface area contributed by atoms with E-state index in [1.807, 2.05) is 18.3 Å². The third-order valence-electron chi connectivity index (χ3n) is 2.93. The van der Waals surface area contributed by atoms with E-state index in [2.05, 4.69) is 20.3 Å². The van der Waals surface area contributed by atoms with E-state index in [9.17, 15) is 0 Å². The van der Waals surface area contributed by atoms with Gasteiger partial charge < -0.3 is 5.32 Å². The van der Waals surface area contributed by atoms with Gasteiger partial charge in [-0.1, -0.05) is 11.6 Å². The van der Waals surface area contributed by atoms with Crippen LogP contribution in [0, 0.1) is 0 Å². The van der Waals surface area contributed by atoms with Gasteiger partial charge in [0.05, 0.1) is 11.6 Å². The van der Waals surface area contributed by atoms with Crippen LogP contribution in [0.4, 0.5) is 0 Å². The summed E-state index contributed by atoms with van der Waals surface area (Å²) in [5, 5.41) is 8.40. The van der Waals surface area contributed by atoms with Crippen LogP contribution in [0.5, 0.6) is 0 Å². The predicted molar refractivity (Wildman–Crippen MR) is 66.1 cm³/mol. The lowest BCUT2D eigenvalue weighted by atomic mass is 10.3. The lowest BCUT2D eigenvalue weighted by Gasteiger charge is -2.25. The highest BCUT2D eigenvalue weighted by Gasteiger charge is 2.13. The molecule has 1 aliphatic rings. The van der Waals surface area contributed by atoms with Gasteiger partial charge in [0.1, 0.15) is 0 Å². The second-order valence-corrected chi connectivity index (χ2v) is 4.59. The first-order valence-electron chi connectivity index (χ1n) is 5.76. The van der Waals surface area contributed by atoms with E-state index in [-0.39, 0.29) is 0 Å². The zero-order chi connectivity index (χ0) is 11.7. The Morgan fingerprint density at radius 3 is 2.94 bits per heavy atom. The molecule has 0 spiro atoms. The molecule has 2 aromatic rings. The molecule has 1 aliphatic heterocycles. The summed E-state index contributed by atoms with van der Waals surface area (Å²) in [4.78, 5) is 6.81. The Hall–Kier alpha value is -1.17. The van der Waals surface area contributed by atoms with Gasteiger partial charge in [0.2, 0.25) is 0 Å². The Labute approximate surface area is 104 Å². The normalized spacial score (nSPS) is 17.7. The third-order valence-corrected chi connectivity index (χ3v) is 3.23. The third kappa shape index (κ3) is 2.26. The number of hydrogen-bond donors (Lipinski definition) is 1. The molecule has 0 saturated carbocycles. The molecule has 0 atom stereocenters. The van der Waals surface area contributed by atoms with E-state index in [0.717, 1.165) is 44.2 Å². The van der Waals surface area contributed by atoms with Crippen molar-refractivity contribution < 1.29 is 0 Å². The number of aromatic nitrogens is 3. The van der Waals surface area contributed by atoms with Crippen LogP contribution >= 0.6 is 11.6 Å². The number of piperazine rings is 1. The van der Waals surface area contributed by atoms with E-state index in [1.54, 1.807) is 4.52 Å².